The van der Waals surface area contributed by atoms with Crippen molar-refractivity contribution in [1.82, 2.24) is 10.2 Å². The van der Waals surface area contributed by atoms with Crippen LogP contribution in [-0.2, 0) is 26.2 Å². The maximum Gasteiger partial charge on any atom is 0.244 e. The predicted octanol–water partition coefficient (Wildman–Crippen LogP) is 3.06. The van der Waals surface area contributed by atoms with Crippen molar-refractivity contribution < 1.29 is 26.8 Å². The van der Waals surface area contributed by atoms with Crippen LogP contribution in [0.3, 0.4) is 0 Å². The molecule has 0 fully saturated rings. The molecule has 0 unspecified atom stereocenters. The van der Waals surface area contributed by atoms with Crippen LogP contribution in [0.5, 0.6) is 0 Å². The van der Waals surface area contributed by atoms with Gasteiger partial charge in [0.05, 0.1) is 11.9 Å². The summed E-state index contributed by atoms with van der Waals surface area (Å²) in [7, 11) is -3.97. The molecule has 0 aliphatic heterocycles. The molecule has 0 heterocycles. The van der Waals surface area contributed by atoms with Gasteiger partial charge in [0.25, 0.3) is 0 Å². The van der Waals surface area contributed by atoms with Crippen molar-refractivity contribution in [1.29, 1.82) is 0 Å². The lowest BCUT2D eigenvalue weighted by Gasteiger charge is -2.32. The zero-order valence-corrected chi connectivity index (χ0v) is 19.9. The van der Waals surface area contributed by atoms with Gasteiger partial charge in [0.1, 0.15) is 24.2 Å². The minimum Gasteiger partial charge on any atom is -0.352 e. The molecule has 0 aliphatic carbocycles. The lowest BCUT2D eigenvalue weighted by atomic mass is 10.1. The molecule has 2 atom stereocenters. The van der Waals surface area contributed by atoms with Crippen LogP contribution in [0.4, 0.5) is 14.5 Å². The lowest BCUT2D eigenvalue weighted by Crippen LogP contribution is -2.52. The summed E-state index contributed by atoms with van der Waals surface area (Å²) in [6.07, 6.45) is 1.56. The third-order valence-corrected chi connectivity index (χ3v) is 6.38. The molecule has 10 heteroatoms. The Morgan fingerprint density at radius 2 is 1.73 bits per heavy atom. The number of carbonyl (C=O) groups is 2. The maximum absolute atomic E-state index is 14.3. The van der Waals surface area contributed by atoms with Crippen molar-refractivity contribution >= 4 is 27.5 Å². The van der Waals surface area contributed by atoms with E-state index in [9.17, 15) is 26.8 Å². The molecular weight excluding hydrogens is 452 g/mol. The minimum atomic E-state index is -3.97. The number of benzene rings is 2. The van der Waals surface area contributed by atoms with Crippen LogP contribution >= 0.6 is 0 Å². The summed E-state index contributed by atoms with van der Waals surface area (Å²) in [5.74, 6) is -2.42. The SMILES string of the molecule is CC[C@H](C)NC(=O)[C@@H](C)N(Cc1ccccc1F)C(=O)CN(c1cccc(F)c1)S(C)(=O)=O. The van der Waals surface area contributed by atoms with Crippen LogP contribution in [0.1, 0.15) is 32.8 Å². The van der Waals surface area contributed by atoms with Crippen LogP contribution in [0, 0.1) is 11.6 Å². The number of halogens is 2. The topological polar surface area (TPSA) is 86.8 Å². The highest BCUT2D eigenvalue weighted by molar-refractivity contribution is 7.92. The largest absolute Gasteiger partial charge is 0.352 e. The first-order valence-electron chi connectivity index (χ1n) is 10.5. The molecule has 0 saturated heterocycles. The highest BCUT2D eigenvalue weighted by Crippen LogP contribution is 2.20. The maximum atomic E-state index is 14.3. The fourth-order valence-electron chi connectivity index (χ4n) is 3.10. The number of rotatable bonds is 10. The van der Waals surface area contributed by atoms with Gasteiger partial charge in [0, 0.05) is 18.2 Å². The summed E-state index contributed by atoms with van der Waals surface area (Å²) in [6, 6.07) is 9.48. The lowest BCUT2D eigenvalue weighted by molar-refractivity contribution is -0.139. The zero-order chi connectivity index (χ0) is 24.8. The molecule has 2 aromatic carbocycles. The van der Waals surface area contributed by atoms with E-state index in [1.54, 1.807) is 6.07 Å². The Balaban J connectivity index is 2.40. The van der Waals surface area contributed by atoms with Gasteiger partial charge < -0.3 is 10.2 Å². The first-order chi connectivity index (χ1) is 15.4. The molecular formula is C23H29F2N3O4S. The van der Waals surface area contributed by atoms with Gasteiger partial charge in [-0.25, -0.2) is 17.2 Å². The molecule has 0 radical (unpaired) electrons. The zero-order valence-electron chi connectivity index (χ0n) is 19.1. The van der Waals surface area contributed by atoms with Crippen molar-refractivity contribution in [2.45, 2.75) is 45.8 Å². The van der Waals surface area contributed by atoms with E-state index in [4.69, 9.17) is 0 Å². The van der Waals surface area contributed by atoms with Crippen LogP contribution < -0.4 is 9.62 Å². The van der Waals surface area contributed by atoms with Gasteiger partial charge in [0.2, 0.25) is 21.8 Å². The highest BCUT2D eigenvalue weighted by Gasteiger charge is 2.31. The van der Waals surface area contributed by atoms with Crippen LogP contribution in [0.25, 0.3) is 0 Å². The summed E-state index contributed by atoms with van der Waals surface area (Å²) in [5, 5.41) is 2.78. The molecule has 180 valence electrons. The van der Waals surface area contributed by atoms with Crippen LogP contribution in [0.15, 0.2) is 48.5 Å². The quantitative estimate of drug-likeness (QED) is 0.565. The van der Waals surface area contributed by atoms with Crippen LogP contribution in [-0.4, -0.2) is 50.0 Å². The van der Waals surface area contributed by atoms with Gasteiger partial charge in [-0.3, -0.25) is 13.9 Å². The van der Waals surface area contributed by atoms with E-state index in [1.165, 1.54) is 37.3 Å². The Morgan fingerprint density at radius 1 is 1.06 bits per heavy atom. The summed E-state index contributed by atoms with van der Waals surface area (Å²) >= 11 is 0. The first kappa shape index (κ1) is 26.2. The first-order valence-corrected chi connectivity index (χ1v) is 12.3. The third kappa shape index (κ3) is 7.24. The van der Waals surface area contributed by atoms with E-state index < -0.39 is 46.1 Å². The second-order valence-corrected chi connectivity index (χ2v) is 9.76. The highest BCUT2D eigenvalue weighted by atomic mass is 32.2. The van der Waals surface area contributed by atoms with E-state index >= 15 is 0 Å². The Kier molecular flexibility index (Phi) is 8.92. The Labute approximate surface area is 193 Å². The second-order valence-electron chi connectivity index (χ2n) is 7.86. The fraction of sp³-hybridized carbons (Fsp3) is 0.391. The predicted molar refractivity (Wildman–Crippen MR) is 123 cm³/mol. The van der Waals surface area contributed by atoms with E-state index in [-0.39, 0.29) is 23.8 Å². The van der Waals surface area contributed by atoms with Crippen molar-refractivity contribution in [3.05, 3.63) is 65.7 Å². The van der Waals surface area contributed by atoms with Crippen LogP contribution in [0.2, 0.25) is 0 Å². The van der Waals surface area contributed by atoms with E-state index in [0.29, 0.717) is 6.42 Å². The average molecular weight is 482 g/mol. The molecule has 1 N–H and O–H groups in total. The van der Waals surface area contributed by atoms with Gasteiger partial charge in [0.15, 0.2) is 0 Å². The molecule has 0 saturated carbocycles. The Bertz CT molecular complexity index is 1090. The Morgan fingerprint density at radius 3 is 2.30 bits per heavy atom. The summed E-state index contributed by atoms with van der Waals surface area (Å²) in [6.45, 7) is 4.26. The average Bonchev–Trinajstić information content (AvgIpc) is 2.75. The fourth-order valence-corrected chi connectivity index (χ4v) is 3.94. The number of sulfonamides is 1. The number of hydrogen-bond donors (Lipinski definition) is 1. The molecule has 0 spiro atoms. The number of nitrogens with one attached hydrogen (secondary N) is 1. The van der Waals surface area contributed by atoms with Crippen molar-refractivity contribution in [2.75, 3.05) is 17.1 Å². The van der Waals surface area contributed by atoms with E-state index in [1.807, 2.05) is 13.8 Å². The number of hydrogen-bond acceptors (Lipinski definition) is 4. The smallest absolute Gasteiger partial charge is 0.244 e. The summed E-state index contributed by atoms with van der Waals surface area (Å²) in [4.78, 5) is 27.2. The molecule has 2 amide bonds. The third-order valence-electron chi connectivity index (χ3n) is 5.24. The van der Waals surface area contributed by atoms with E-state index in [2.05, 4.69) is 5.32 Å². The molecule has 2 rings (SSSR count). The molecule has 7 nitrogen and oxygen atoms in total. The van der Waals surface area contributed by atoms with Crippen molar-refractivity contribution in [3.63, 3.8) is 0 Å². The molecule has 2 aromatic rings. The van der Waals surface area contributed by atoms with Gasteiger partial charge in [-0.1, -0.05) is 31.2 Å². The van der Waals surface area contributed by atoms with Gasteiger partial charge in [-0.2, -0.15) is 0 Å². The Hall–Kier alpha value is -3.01. The number of anilines is 1. The number of carbonyl (C=O) groups excluding carboxylic acids is 2. The van der Waals surface area contributed by atoms with Gasteiger partial charge in [-0.05, 0) is 44.5 Å². The molecule has 0 aromatic heterocycles. The van der Waals surface area contributed by atoms with Crippen molar-refractivity contribution in [3.8, 4) is 0 Å². The summed E-state index contributed by atoms with van der Waals surface area (Å²) < 4.78 is 53.6. The van der Waals surface area contributed by atoms with Gasteiger partial charge in [-0.15, -0.1) is 0 Å². The number of nitrogens with zero attached hydrogens (tertiary/aromatic N) is 2. The normalized spacial score (nSPS) is 13.2. The van der Waals surface area contributed by atoms with Gasteiger partial charge >= 0.3 is 0 Å². The monoisotopic (exact) mass is 481 g/mol. The molecule has 33 heavy (non-hydrogen) atoms. The number of amides is 2. The van der Waals surface area contributed by atoms with Crippen molar-refractivity contribution in [2.24, 2.45) is 0 Å². The second kappa shape index (κ2) is 11.2. The minimum absolute atomic E-state index is 0.0339. The molecule has 0 aliphatic rings. The standard InChI is InChI=1S/C23H29F2N3O4S/c1-5-16(2)26-23(30)17(3)27(14-18-9-6-7-12-21(18)25)22(29)15-28(33(4,31)32)20-11-8-10-19(24)13-20/h6-13,16-17H,5,14-15H2,1-4H3,(H,26,30)/t16-,17+/m0/s1. The summed E-state index contributed by atoms with van der Waals surface area (Å²) in [5.41, 5.74) is 0.138. The molecule has 0 bridgehead atoms. The van der Waals surface area contributed by atoms with E-state index in [0.717, 1.165) is 27.6 Å².